The van der Waals surface area contributed by atoms with E-state index >= 15 is 0 Å². The van der Waals surface area contributed by atoms with E-state index < -0.39 is 0 Å². The van der Waals surface area contributed by atoms with Crippen LogP contribution < -0.4 is 14.4 Å². The molecule has 2 saturated heterocycles. The first-order valence-electron chi connectivity index (χ1n) is 17.6. The molecule has 264 valence electrons. The summed E-state index contributed by atoms with van der Waals surface area (Å²) in [6.45, 7) is 13.2. The van der Waals surface area contributed by atoms with Gasteiger partial charge in [0.1, 0.15) is 23.7 Å². The van der Waals surface area contributed by atoms with Crippen LogP contribution in [-0.4, -0.2) is 129 Å². The molecule has 0 radical (unpaired) electrons. The van der Waals surface area contributed by atoms with Crippen LogP contribution in [0.4, 0.5) is 5.69 Å². The second kappa shape index (κ2) is 16.2. The fourth-order valence-corrected chi connectivity index (χ4v) is 6.59. The Morgan fingerprint density at radius 2 is 1.34 bits per heavy atom. The van der Waals surface area contributed by atoms with Crippen LogP contribution in [0.15, 0.2) is 77.2 Å². The van der Waals surface area contributed by atoms with E-state index in [1.54, 1.807) is 49.6 Å². The van der Waals surface area contributed by atoms with Gasteiger partial charge in [0.2, 0.25) is 11.7 Å². The number of hydrogen-bond donors (Lipinski definition) is 0. The summed E-state index contributed by atoms with van der Waals surface area (Å²) in [6, 6.07) is 22.2. The van der Waals surface area contributed by atoms with Gasteiger partial charge in [-0.3, -0.25) is 24.2 Å². The molecular formula is C39H47N5O6. The van der Waals surface area contributed by atoms with E-state index in [-0.39, 0.29) is 17.6 Å². The average Bonchev–Trinajstić information content (AvgIpc) is 3.59. The van der Waals surface area contributed by atoms with Crippen LogP contribution in [0.25, 0.3) is 11.0 Å². The lowest BCUT2D eigenvalue weighted by Gasteiger charge is -2.38. The molecule has 2 amide bonds. The standard InChI is InChI=1S/C39H47N5O6/c1-4-42(5-2)32-11-6-31-26-36(50-35(31)27-32)38(46)29-7-14-34(15-8-29)49-25-24-40-16-20-43(21-17-40)37(45)28-41-18-22-44(23-19-41)39(47)30-9-12-33(48-3)13-10-30/h6-15,26-27H,4-5,16-25,28H2,1-3H3. The number of carbonyl (C=O) groups excluding carboxylic acids is 3. The lowest BCUT2D eigenvalue weighted by atomic mass is 10.1. The number of benzene rings is 3. The van der Waals surface area contributed by atoms with Crippen molar-refractivity contribution in [3.8, 4) is 11.5 Å². The number of ketones is 1. The predicted molar refractivity (Wildman–Crippen MR) is 194 cm³/mol. The van der Waals surface area contributed by atoms with Gasteiger partial charge in [-0.1, -0.05) is 0 Å². The molecule has 4 aromatic rings. The first-order chi connectivity index (χ1) is 24.3. The number of furan rings is 1. The van der Waals surface area contributed by atoms with Gasteiger partial charge in [-0.05, 0) is 80.6 Å². The average molecular weight is 682 g/mol. The second-order valence-corrected chi connectivity index (χ2v) is 12.7. The smallest absolute Gasteiger partial charge is 0.253 e. The third kappa shape index (κ3) is 8.28. The quantitative estimate of drug-likeness (QED) is 0.189. The molecule has 2 aliphatic rings. The van der Waals surface area contributed by atoms with Crippen LogP contribution >= 0.6 is 0 Å². The molecule has 2 fully saturated rings. The molecule has 2 aliphatic heterocycles. The number of nitrogens with zero attached hydrogens (tertiary/aromatic N) is 5. The predicted octanol–water partition coefficient (Wildman–Crippen LogP) is 4.50. The Morgan fingerprint density at radius 1 is 0.720 bits per heavy atom. The summed E-state index contributed by atoms with van der Waals surface area (Å²) in [5.74, 6) is 1.73. The summed E-state index contributed by atoms with van der Waals surface area (Å²) in [6.07, 6.45) is 0. The van der Waals surface area contributed by atoms with Crippen molar-refractivity contribution in [2.24, 2.45) is 0 Å². The molecule has 0 N–H and O–H groups in total. The number of fused-ring (bicyclic) bond motifs is 1. The van der Waals surface area contributed by atoms with E-state index in [1.165, 1.54) is 0 Å². The topological polar surface area (TPSA) is 99.0 Å². The van der Waals surface area contributed by atoms with Crippen LogP contribution in [0.1, 0.15) is 40.3 Å². The Bertz CT molecular complexity index is 1750. The zero-order valence-electron chi connectivity index (χ0n) is 29.3. The monoisotopic (exact) mass is 681 g/mol. The molecule has 1 aromatic heterocycles. The zero-order chi connectivity index (χ0) is 35.0. The Kier molecular flexibility index (Phi) is 11.3. The number of piperazine rings is 2. The van der Waals surface area contributed by atoms with E-state index in [0.29, 0.717) is 80.6 Å². The number of methoxy groups -OCH3 is 1. The number of amides is 2. The third-order valence-corrected chi connectivity index (χ3v) is 9.73. The van der Waals surface area contributed by atoms with Crippen molar-refractivity contribution >= 4 is 34.3 Å². The number of hydrogen-bond acceptors (Lipinski definition) is 9. The van der Waals surface area contributed by atoms with Crippen molar-refractivity contribution in [2.45, 2.75) is 13.8 Å². The van der Waals surface area contributed by atoms with Crippen molar-refractivity contribution in [1.82, 2.24) is 19.6 Å². The molecule has 0 aliphatic carbocycles. The fourth-order valence-electron chi connectivity index (χ4n) is 6.59. The van der Waals surface area contributed by atoms with Gasteiger partial charge in [0.15, 0.2) is 5.76 Å². The van der Waals surface area contributed by atoms with Crippen molar-refractivity contribution in [3.63, 3.8) is 0 Å². The van der Waals surface area contributed by atoms with E-state index in [1.807, 2.05) is 34.1 Å². The molecule has 3 aromatic carbocycles. The van der Waals surface area contributed by atoms with Crippen LogP contribution in [-0.2, 0) is 4.79 Å². The normalized spacial score (nSPS) is 15.7. The molecule has 0 bridgehead atoms. The van der Waals surface area contributed by atoms with Gasteiger partial charge in [0.05, 0.1) is 13.7 Å². The van der Waals surface area contributed by atoms with Gasteiger partial charge in [0.25, 0.3) is 5.91 Å². The molecule has 0 saturated carbocycles. The highest BCUT2D eigenvalue weighted by atomic mass is 16.5. The molecular weight excluding hydrogens is 634 g/mol. The SMILES string of the molecule is CCN(CC)c1ccc2cc(C(=O)c3ccc(OCCN4CCN(C(=O)CN5CCN(C(=O)c6ccc(OC)cc6)CC5)CC4)cc3)oc2c1. The summed E-state index contributed by atoms with van der Waals surface area (Å²) in [7, 11) is 1.60. The fraction of sp³-hybridized carbons (Fsp3) is 0.410. The molecule has 0 atom stereocenters. The third-order valence-electron chi connectivity index (χ3n) is 9.73. The van der Waals surface area contributed by atoms with Crippen molar-refractivity contribution in [1.29, 1.82) is 0 Å². The molecule has 11 nitrogen and oxygen atoms in total. The Labute approximate surface area is 293 Å². The molecule has 50 heavy (non-hydrogen) atoms. The van der Waals surface area contributed by atoms with Crippen molar-refractivity contribution in [2.75, 3.05) is 97.2 Å². The van der Waals surface area contributed by atoms with Crippen molar-refractivity contribution < 1.29 is 28.3 Å². The molecule has 3 heterocycles. The lowest BCUT2D eigenvalue weighted by Crippen LogP contribution is -2.54. The maximum atomic E-state index is 13.2. The van der Waals surface area contributed by atoms with Crippen LogP contribution in [0.2, 0.25) is 0 Å². The highest BCUT2D eigenvalue weighted by Gasteiger charge is 2.27. The van der Waals surface area contributed by atoms with E-state index in [2.05, 4.69) is 34.6 Å². The number of anilines is 1. The minimum absolute atomic E-state index is 0.00869. The molecule has 11 heteroatoms. The van der Waals surface area contributed by atoms with Gasteiger partial charge in [-0.25, -0.2) is 0 Å². The largest absolute Gasteiger partial charge is 0.497 e. The number of rotatable bonds is 13. The van der Waals surface area contributed by atoms with E-state index in [4.69, 9.17) is 13.9 Å². The first-order valence-corrected chi connectivity index (χ1v) is 17.6. The van der Waals surface area contributed by atoms with E-state index in [0.717, 1.165) is 49.5 Å². The van der Waals surface area contributed by atoms with Crippen LogP contribution in [0.5, 0.6) is 11.5 Å². The second-order valence-electron chi connectivity index (χ2n) is 12.7. The highest BCUT2D eigenvalue weighted by molar-refractivity contribution is 6.09. The van der Waals surface area contributed by atoms with Gasteiger partial charge >= 0.3 is 0 Å². The van der Waals surface area contributed by atoms with E-state index in [9.17, 15) is 14.4 Å². The Hall–Kier alpha value is -4.87. The number of carbonyl (C=O) groups is 3. The van der Waals surface area contributed by atoms with Crippen LogP contribution in [0.3, 0.4) is 0 Å². The first kappa shape index (κ1) is 35.0. The van der Waals surface area contributed by atoms with Crippen LogP contribution in [0, 0.1) is 0 Å². The Morgan fingerprint density at radius 3 is 2.00 bits per heavy atom. The molecule has 0 unspecified atom stereocenters. The zero-order valence-corrected chi connectivity index (χ0v) is 29.3. The minimum Gasteiger partial charge on any atom is -0.497 e. The van der Waals surface area contributed by atoms with Gasteiger partial charge in [-0.15, -0.1) is 0 Å². The molecule has 0 spiro atoms. The lowest BCUT2D eigenvalue weighted by molar-refractivity contribution is -0.134. The number of ether oxygens (including phenoxy) is 2. The minimum atomic E-state index is -0.161. The maximum Gasteiger partial charge on any atom is 0.253 e. The van der Waals surface area contributed by atoms with Gasteiger partial charge < -0.3 is 28.6 Å². The summed E-state index contributed by atoms with van der Waals surface area (Å²) in [5, 5.41) is 0.906. The summed E-state index contributed by atoms with van der Waals surface area (Å²) < 4.78 is 17.1. The summed E-state index contributed by atoms with van der Waals surface area (Å²) in [4.78, 5) is 49.6. The van der Waals surface area contributed by atoms with Crippen molar-refractivity contribution in [3.05, 3.63) is 89.7 Å². The van der Waals surface area contributed by atoms with Gasteiger partial charge in [0, 0.05) is 100 Å². The highest BCUT2D eigenvalue weighted by Crippen LogP contribution is 2.27. The van der Waals surface area contributed by atoms with Gasteiger partial charge in [-0.2, -0.15) is 0 Å². The molecule has 6 rings (SSSR count). The Balaban J connectivity index is 0.892. The summed E-state index contributed by atoms with van der Waals surface area (Å²) >= 11 is 0. The maximum absolute atomic E-state index is 13.2. The summed E-state index contributed by atoms with van der Waals surface area (Å²) in [5.41, 5.74) is 2.98.